The van der Waals surface area contributed by atoms with Crippen LogP contribution in [0.4, 0.5) is 4.79 Å². The maximum Gasteiger partial charge on any atom is 0.410 e. The number of carbonyl (C=O) groups excluding carboxylic acids is 2. The lowest BCUT2D eigenvalue weighted by Gasteiger charge is -2.46. The van der Waals surface area contributed by atoms with Gasteiger partial charge in [-0.05, 0) is 71.9 Å². The number of benzene rings is 1. The SMILES string of the molecule is COCCCCn1c(C(=O)N(CC(C)C)[C@H]2C[C@@H](C(C)(C)O)CN(C(=O)OC(C)(C)C)C2)nc2ccccc21. The van der Waals surface area contributed by atoms with Gasteiger partial charge in [-0.1, -0.05) is 26.0 Å². The van der Waals surface area contributed by atoms with E-state index >= 15 is 0 Å². The van der Waals surface area contributed by atoms with Crippen molar-refractivity contribution in [1.82, 2.24) is 19.4 Å². The number of piperidine rings is 1. The second kappa shape index (κ2) is 12.7. The van der Waals surface area contributed by atoms with Crippen molar-refractivity contribution in [3.63, 3.8) is 0 Å². The Morgan fingerprint density at radius 1 is 1.13 bits per heavy atom. The molecule has 1 saturated heterocycles. The molecule has 0 bridgehead atoms. The number of likely N-dealkylation sites (tertiary alicyclic amines) is 1. The molecule has 1 N–H and O–H groups in total. The van der Waals surface area contributed by atoms with E-state index in [-0.39, 0.29) is 23.8 Å². The smallest absolute Gasteiger partial charge is 0.410 e. The summed E-state index contributed by atoms with van der Waals surface area (Å²) in [5.74, 6) is 0.228. The minimum absolute atomic E-state index is 0.155. The molecule has 39 heavy (non-hydrogen) atoms. The van der Waals surface area contributed by atoms with Crippen molar-refractivity contribution in [2.45, 2.75) is 91.5 Å². The van der Waals surface area contributed by atoms with Gasteiger partial charge >= 0.3 is 6.09 Å². The van der Waals surface area contributed by atoms with Gasteiger partial charge < -0.3 is 28.9 Å². The van der Waals surface area contributed by atoms with Crippen LogP contribution in [0.1, 0.15) is 78.3 Å². The Balaban J connectivity index is 1.99. The van der Waals surface area contributed by atoms with E-state index in [0.717, 1.165) is 23.9 Å². The van der Waals surface area contributed by atoms with Gasteiger partial charge in [0, 0.05) is 45.8 Å². The fourth-order valence-corrected chi connectivity index (χ4v) is 5.19. The third-order valence-electron chi connectivity index (χ3n) is 7.17. The van der Waals surface area contributed by atoms with E-state index in [1.807, 2.05) is 54.5 Å². The summed E-state index contributed by atoms with van der Waals surface area (Å²) in [5.41, 5.74) is 0.0386. The quantitative estimate of drug-likeness (QED) is 0.425. The van der Waals surface area contributed by atoms with Gasteiger partial charge in [-0.3, -0.25) is 4.79 Å². The number of rotatable bonds is 10. The van der Waals surface area contributed by atoms with Crippen molar-refractivity contribution in [2.75, 3.05) is 33.4 Å². The van der Waals surface area contributed by atoms with Gasteiger partial charge in [-0.15, -0.1) is 0 Å². The standard InChI is InChI=1S/C30H48N4O5/c1-21(2)18-34(23-17-22(30(6,7)37)19-32(20-23)28(36)39-29(3,4)5)27(35)26-31-24-13-9-10-14-25(24)33(26)15-11-12-16-38-8/h9-10,13-14,21-23,37H,11-12,15-20H2,1-8H3/t22-,23+/m1/s1. The van der Waals surface area contributed by atoms with Gasteiger partial charge in [0.25, 0.3) is 5.91 Å². The molecule has 2 aromatic rings. The molecule has 1 aromatic heterocycles. The highest BCUT2D eigenvalue weighted by Gasteiger charge is 2.42. The first kappa shape index (κ1) is 30.9. The van der Waals surface area contributed by atoms with E-state index in [4.69, 9.17) is 14.5 Å². The molecule has 0 aliphatic carbocycles. The van der Waals surface area contributed by atoms with E-state index in [9.17, 15) is 14.7 Å². The van der Waals surface area contributed by atoms with Gasteiger partial charge in [-0.25, -0.2) is 9.78 Å². The number of imidazole rings is 1. The van der Waals surface area contributed by atoms with Crippen molar-refractivity contribution in [2.24, 2.45) is 11.8 Å². The molecule has 2 heterocycles. The van der Waals surface area contributed by atoms with Crippen LogP contribution < -0.4 is 0 Å². The number of aryl methyl sites for hydroxylation is 1. The molecular weight excluding hydrogens is 496 g/mol. The van der Waals surface area contributed by atoms with Crippen molar-refractivity contribution in [3.05, 3.63) is 30.1 Å². The van der Waals surface area contributed by atoms with Gasteiger partial charge in [0.2, 0.25) is 0 Å². The van der Waals surface area contributed by atoms with Crippen LogP contribution in [0.15, 0.2) is 24.3 Å². The Morgan fingerprint density at radius 2 is 1.82 bits per heavy atom. The molecule has 0 radical (unpaired) electrons. The minimum Gasteiger partial charge on any atom is -0.444 e. The van der Waals surface area contributed by atoms with Crippen molar-refractivity contribution >= 4 is 23.0 Å². The van der Waals surface area contributed by atoms with Crippen molar-refractivity contribution in [3.8, 4) is 0 Å². The van der Waals surface area contributed by atoms with Gasteiger partial charge in [0.15, 0.2) is 5.82 Å². The summed E-state index contributed by atoms with van der Waals surface area (Å²) in [7, 11) is 1.69. The highest BCUT2D eigenvalue weighted by molar-refractivity contribution is 5.95. The zero-order valence-corrected chi connectivity index (χ0v) is 25.1. The van der Waals surface area contributed by atoms with Crippen LogP contribution in [0.25, 0.3) is 11.0 Å². The molecular formula is C30H48N4O5. The number of nitrogens with zero attached hydrogens (tertiary/aromatic N) is 4. The molecule has 1 fully saturated rings. The number of hydrogen-bond donors (Lipinski definition) is 1. The predicted molar refractivity (Wildman–Crippen MR) is 153 cm³/mol. The topological polar surface area (TPSA) is 97.1 Å². The Kier molecular flexibility index (Phi) is 10.0. The Morgan fingerprint density at radius 3 is 2.44 bits per heavy atom. The fraction of sp³-hybridized carbons (Fsp3) is 0.700. The zero-order chi connectivity index (χ0) is 29.0. The van der Waals surface area contributed by atoms with E-state index in [1.54, 1.807) is 25.9 Å². The molecule has 9 nitrogen and oxygen atoms in total. The molecule has 0 saturated carbocycles. The van der Waals surface area contributed by atoms with Crippen LogP contribution in [-0.4, -0.2) is 87.1 Å². The first-order valence-electron chi connectivity index (χ1n) is 14.2. The predicted octanol–water partition coefficient (Wildman–Crippen LogP) is 4.96. The number of methoxy groups -OCH3 is 1. The number of para-hydroxylation sites is 2. The van der Waals surface area contributed by atoms with Crippen LogP contribution in [0.5, 0.6) is 0 Å². The average Bonchev–Trinajstić information content (AvgIpc) is 3.21. The summed E-state index contributed by atoms with van der Waals surface area (Å²) in [6.45, 7) is 15.7. The number of fused-ring (bicyclic) bond motifs is 1. The van der Waals surface area contributed by atoms with E-state index < -0.39 is 17.3 Å². The maximum atomic E-state index is 14.3. The lowest BCUT2D eigenvalue weighted by atomic mass is 9.81. The number of hydrogen-bond acceptors (Lipinski definition) is 6. The largest absolute Gasteiger partial charge is 0.444 e. The second-order valence-electron chi connectivity index (χ2n) is 12.8. The third kappa shape index (κ3) is 8.18. The first-order chi connectivity index (χ1) is 18.2. The molecule has 0 spiro atoms. The fourth-order valence-electron chi connectivity index (χ4n) is 5.19. The van der Waals surface area contributed by atoms with Crippen LogP contribution in [0.2, 0.25) is 0 Å². The monoisotopic (exact) mass is 544 g/mol. The summed E-state index contributed by atoms with van der Waals surface area (Å²) >= 11 is 0. The van der Waals surface area contributed by atoms with E-state index in [2.05, 4.69) is 13.8 Å². The number of amides is 2. The molecule has 0 unspecified atom stereocenters. The van der Waals surface area contributed by atoms with Crippen molar-refractivity contribution < 1.29 is 24.2 Å². The first-order valence-corrected chi connectivity index (χ1v) is 14.2. The summed E-state index contributed by atoms with van der Waals surface area (Å²) in [6, 6.07) is 7.53. The van der Waals surface area contributed by atoms with Gasteiger partial charge in [0.1, 0.15) is 5.60 Å². The van der Waals surface area contributed by atoms with Crippen LogP contribution in [-0.2, 0) is 16.0 Å². The van der Waals surface area contributed by atoms with Crippen LogP contribution >= 0.6 is 0 Å². The van der Waals surface area contributed by atoms with E-state index in [1.165, 1.54) is 0 Å². The molecule has 218 valence electrons. The lowest BCUT2D eigenvalue weighted by molar-refractivity contribution is -0.0481. The molecule has 1 aromatic carbocycles. The number of carbonyl (C=O) groups is 2. The Hall–Kier alpha value is -2.65. The Labute approximate surface area is 233 Å². The average molecular weight is 545 g/mol. The summed E-state index contributed by atoms with van der Waals surface area (Å²) in [5, 5.41) is 11.0. The number of aromatic nitrogens is 2. The summed E-state index contributed by atoms with van der Waals surface area (Å²) in [4.78, 5) is 35.8. The molecule has 1 aliphatic heterocycles. The summed E-state index contributed by atoms with van der Waals surface area (Å²) < 4.78 is 12.9. The molecule has 2 amide bonds. The zero-order valence-electron chi connectivity index (χ0n) is 25.1. The second-order valence-corrected chi connectivity index (χ2v) is 12.8. The third-order valence-corrected chi connectivity index (χ3v) is 7.17. The van der Waals surface area contributed by atoms with Crippen LogP contribution in [0.3, 0.4) is 0 Å². The minimum atomic E-state index is -1.03. The molecule has 2 atom stereocenters. The number of ether oxygens (including phenoxy) is 2. The highest BCUT2D eigenvalue weighted by Crippen LogP contribution is 2.32. The van der Waals surface area contributed by atoms with Gasteiger partial charge in [-0.2, -0.15) is 0 Å². The Bertz CT molecular complexity index is 1110. The lowest BCUT2D eigenvalue weighted by Crippen LogP contribution is -2.58. The highest BCUT2D eigenvalue weighted by atomic mass is 16.6. The van der Waals surface area contributed by atoms with Gasteiger partial charge in [0.05, 0.1) is 22.7 Å². The molecule has 3 rings (SSSR count). The number of aliphatic hydroxyl groups is 1. The molecule has 9 heteroatoms. The maximum absolute atomic E-state index is 14.3. The van der Waals surface area contributed by atoms with Crippen molar-refractivity contribution in [1.29, 1.82) is 0 Å². The normalized spacial score (nSPS) is 18.6. The molecule has 1 aliphatic rings. The van der Waals surface area contributed by atoms with Crippen LogP contribution in [0, 0.1) is 11.8 Å². The summed E-state index contributed by atoms with van der Waals surface area (Å²) in [6.07, 6.45) is 1.89. The van der Waals surface area contributed by atoms with E-state index in [0.29, 0.717) is 45.0 Å². The number of unbranched alkanes of at least 4 members (excludes halogenated alkanes) is 1.